The third-order valence-electron chi connectivity index (χ3n) is 2.09. The van der Waals surface area contributed by atoms with Crippen LogP contribution in [0.25, 0.3) is 0 Å². The van der Waals surface area contributed by atoms with E-state index in [2.05, 4.69) is 5.32 Å². The van der Waals surface area contributed by atoms with Crippen molar-refractivity contribution in [1.29, 1.82) is 0 Å². The number of benzene rings is 1. The number of likely N-dealkylation sites (N-methyl/N-ethyl adjacent to an activating group) is 1. The Kier molecular flexibility index (Phi) is 4.11. The summed E-state index contributed by atoms with van der Waals surface area (Å²) >= 11 is 5.85. The van der Waals surface area contributed by atoms with Gasteiger partial charge in [0.05, 0.1) is 6.54 Å². The molecule has 0 saturated heterocycles. The van der Waals surface area contributed by atoms with E-state index in [4.69, 9.17) is 11.6 Å². The molecule has 3 heteroatoms. The molecule has 76 valence electrons. The Balaban J connectivity index is 3.03. The fourth-order valence-corrected chi connectivity index (χ4v) is 1.54. The van der Waals surface area contributed by atoms with E-state index in [0.717, 1.165) is 17.5 Å². The summed E-state index contributed by atoms with van der Waals surface area (Å²) in [5.41, 5.74) is 1.78. The Morgan fingerprint density at radius 1 is 1.50 bits per heavy atom. The zero-order valence-corrected chi connectivity index (χ0v) is 9.19. The van der Waals surface area contributed by atoms with Gasteiger partial charge in [0, 0.05) is 10.6 Å². The first kappa shape index (κ1) is 11.2. The van der Waals surface area contributed by atoms with Crippen LogP contribution in [0.3, 0.4) is 0 Å². The van der Waals surface area contributed by atoms with Crippen molar-refractivity contribution in [2.24, 2.45) is 0 Å². The minimum Gasteiger partial charge on any atom is -0.313 e. The fraction of sp³-hybridized carbons (Fsp3) is 0.364. The van der Waals surface area contributed by atoms with Gasteiger partial charge in [-0.2, -0.15) is 0 Å². The molecule has 0 aliphatic rings. The molecule has 1 aromatic carbocycles. The van der Waals surface area contributed by atoms with Crippen LogP contribution in [0.4, 0.5) is 0 Å². The van der Waals surface area contributed by atoms with Crippen molar-refractivity contribution in [3.63, 3.8) is 0 Å². The molecule has 0 aliphatic carbocycles. The van der Waals surface area contributed by atoms with Crippen molar-refractivity contribution >= 4 is 17.4 Å². The number of aryl methyl sites for hydroxylation is 1. The molecule has 0 amide bonds. The van der Waals surface area contributed by atoms with Gasteiger partial charge in [-0.25, -0.2) is 0 Å². The van der Waals surface area contributed by atoms with E-state index in [1.165, 1.54) is 0 Å². The largest absolute Gasteiger partial charge is 0.313 e. The van der Waals surface area contributed by atoms with E-state index >= 15 is 0 Å². The Bertz CT molecular complexity index is 336. The first-order valence-electron chi connectivity index (χ1n) is 4.65. The summed E-state index contributed by atoms with van der Waals surface area (Å²) in [6.45, 7) is 2.38. The lowest BCUT2D eigenvalue weighted by Crippen LogP contribution is -2.19. The van der Waals surface area contributed by atoms with E-state index in [9.17, 15) is 4.79 Å². The highest BCUT2D eigenvalue weighted by Gasteiger charge is 2.09. The summed E-state index contributed by atoms with van der Waals surface area (Å²) in [4.78, 5) is 11.7. The van der Waals surface area contributed by atoms with Crippen molar-refractivity contribution in [3.8, 4) is 0 Å². The second kappa shape index (κ2) is 5.13. The SMILES string of the molecule is CCc1ccc(Cl)cc1C(=O)CNC. The normalized spacial score (nSPS) is 10.2. The number of nitrogens with one attached hydrogen (secondary N) is 1. The van der Waals surface area contributed by atoms with Crippen LogP contribution in [-0.4, -0.2) is 19.4 Å². The molecule has 0 radical (unpaired) electrons. The molecule has 0 atom stereocenters. The minimum atomic E-state index is 0.0897. The molecule has 0 bridgehead atoms. The van der Waals surface area contributed by atoms with Crippen molar-refractivity contribution in [2.75, 3.05) is 13.6 Å². The maximum Gasteiger partial charge on any atom is 0.176 e. The zero-order valence-electron chi connectivity index (χ0n) is 8.43. The smallest absolute Gasteiger partial charge is 0.176 e. The monoisotopic (exact) mass is 211 g/mol. The number of hydrogen-bond donors (Lipinski definition) is 1. The third-order valence-corrected chi connectivity index (χ3v) is 2.33. The second-order valence-corrected chi connectivity index (χ2v) is 3.54. The predicted octanol–water partition coefficient (Wildman–Crippen LogP) is 2.30. The van der Waals surface area contributed by atoms with Gasteiger partial charge in [0.25, 0.3) is 0 Å². The Morgan fingerprint density at radius 3 is 2.79 bits per heavy atom. The summed E-state index contributed by atoms with van der Waals surface area (Å²) in [6.07, 6.45) is 0.849. The highest BCUT2D eigenvalue weighted by molar-refractivity contribution is 6.31. The van der Waals surface area contributed by atoms with Crippen molar-refractivity contribution in [3.05, 3.63) is 34.3 Å². The Morgan fingerprint density at radius 2 is 2.21 bits per heavy atom. The Hall–Kier alpha value is -0.860. The van der Waals surface area contributed by atoms with Crippen molar-refractivity contribution < 1.29 is 4.79 Å². The zero-order chi connectivity index (χ0) is 10.6. The number of carbonyl (C=O) groups is 1. The molecule has 14 heavy (non-hydrogen) atoms. The van der Waals surface area contributed by atoms with E-state index in [1.807, 2.05) is 19.1 Å². The van der Waals surface area contributed by atoms with Gasteiger partial charge in [-0.15, -0.1) is 0 Å². The fourth-order valence-electron chi connectivity index (χ4n) is 1.37. The summed E-state index contributed by atoms with van der Waals surface area (Å²) in [5, 5.41) is 3.46. The van der Waals surface area contributed by atoms with Crippen LogP contribution >= 0.6 is 11.6 Å². The van der Waals surface area contributed by atoms with E-state index in [1.54, 1.807) is 13.1 Å². The number of halogens is 1. The number of hydrogen-bond acceptors (Lipinski definition) is 2. The van der Waals surface area contributed by atoms with E-state index in [-0.39, 0.29) is 5.78 Å². The van der Waals surface area contributed by atoms with Crippen molar-refractivity contribution in [2.45, 2.75) is 13.3 Å². The molecule has 1 rings (SSSR count). The quantitative estimate of drug-likeness (QED) is 0.775. The van der Waals surface area contributed by atoms with Crippen molar-refractivity contribution in [1.82, 2.24) is 5.32 Å². The Labute approximate surface area is 89.3 Å². The molecular formula is C11H14ClNO. The molecule has 0 fully saturated rings. The van der Waals surface area contributed by atoms with Gasteiger partial charge in [0.1, 0.15) is 0 Å². The van der Waals surface area contributed by atoms with Crippen LogP contribution in [0.2, 0.25) is 5.02 Å². The molecule has 0 aromatic heterocycles. The third kappa shape index (κ3) is 2.56. The summed E-state index contributed by atoms with van der Waals surface area (Å²) in [5.74, 6) is 0.0897. The lowest BCUT2D eigenvalue weighted by molar-refractivity contribution is 0.0992. The van der Waals surface area contributed by atoms with Gasteiger partial charge >= 0.3 is 0 Å². The summed E-state index contributed by atoms with van der Waals surface area (Å²) in [7, 11) is 1.76. The highest BCUT2D eigenvalue weighted by Crippen LogP contribution is 2.17. The second-order valence-electron chi connectivity index (χ2n) is 3.11. The average molecular weight is 212 g/mol. The van der Waals surface area contributed by atoms with Gasteiger partial charge in [-0.3, -0.25) is 4.79 Å². The topological polar surface area (TPSA) is 29.1 Å². The molecule has 0 aliphatic heterocycles. The van der Waals surface area contributed by atoms with Crippen LogP contribution in [0.15, 0.2) is 18.2 Å². The maximum atomic E-state index is 11.7. The van der Waals surface area contributed by atoms with Crippen LogP contribution in [0.5, 0.6) is 0 Å². The average Bonchev–Trinajstić information content (AvgIpc) is 2.18. The molecular weight excluding hydrogens is 198 g/mol. The molecule has 0 saturated carbocycles. The molecule has 1 N–H and O–H groups in total. The van der Waals surface area contributed by atoms with E-state index in [0.29, 0.717) is 11.6 Å². The lowest BCUT2D eigenvalue weighted by atomic mass is 10.0. The number of Topliss-reactive ketones (excluding diaryl/α,β-unsaturated/α-hetero) is 1. The molecule has 0 unspecified atom stereocenters. The predicted molar refractivity (Wildman–Crippen MR) is 59.1 cm³/mol. The lowest BCUT2D eigenvalue weighted by Gasteiger charge is -2.06. The van der Waals surface area contributed by atoms with Gasteiger partial charge in [0.15, 0.2) is 5.78 Å². The standard InChI is InChI=1S/C11H14ClNO/c1-3-8-4-5-9(12)6-10(8)11(14)7-13-2/h4-6,13H,3,7H2,1-2H3. The summed E-state index contributed by atoms with van der Waals surface area (Å²) < 4.78 is 0. The van der Waals surface area contributed by atoms with Gasteiger partial charge in [-0.05, 0) is 31.2 Å². The van der Waals surface area contributed by atoms with Crippen LogP contribution in [0, 0.1) is 0 Å². The highest BCUT2D eigenvalue weighted by atomic mass is 35.5. The molecule has 0 heterocycles. The molecule has 0 spiro atoms. The van der Waals surface area contributed by atoms with Crippen LogP contribution < -0.4 is 5.32 Å². The van der Waals surface area contributed by atoms with Crippen LogP contribution in [-0.2, 0) is 6.42 Å². The van der Waals surface area contributed by atoms with Gasteiger partial charge in [-0.1, -0.05) is 24.6 Å². The first-order valence-corrected chi connectivity index (χ1v) is 5.03. The van der Waals surface area contributed by atoms with Gasteiger partial charge < -0.3 is 5.32 Å². The maximum absolute atomic E-state index is 11.7. The molecule has 2 nitrogen and oxygen atoms in total. The number of carbonyl (C=O) groups excluding carboxylic acids is 1. The van der Waals surface area contributed by atoms with E-state index < -0.39 is 0 Å². The van der Waals surface area contributed by atoms with Gasteiger partial charge in [0.2, 0.25) is 0 Å². The number of rotatable bonds is 4. The first-order chi connectivity index (χ1) is 6.69. The minimum absolute atomic E-state index is 0.0897. The van der Waals surface area contributed by atoms with Crippen LogP contribution in [0.1, 0.15) is 22.8 Å². The number of ketones is 1. The summed E-state index contributed by atoms with van der Waals surface area (Å²) in [6, 6.07) is 5.46. The molecule has 1 aromatic rings.